The van der Waals surface area contributed by atoms with E-state index in [9.17, 15) is 5.26 Å². The van der Waals surface area contributed by atoms with Crippen LogP contribution in [0.4, 0.5) is 0 Å². The predicted molar refractivity (Wildman–Crippen MR) is 204 cm³/mol. The van der Waals surface area contributed by atoms with Gasteiger partial charge in [0, 0.05) is 22.3 Å². The van der Waals surface area contributed by atoms with Crippen LogP contribution in [0.1, 0.15) is 27.8 Å². The summed E-state index contributed by atoms with van der Waals surface area (Å²) in [6, 6.07) is 60.2. The van der Waals surface area contributed by atoms with Gasteiger partial charge in [-0.25, -0.2) is 15.0 Å². The molecule has 8 aromatic rings. The van der Waals surface area contributed by atoms with Gasteiger partial charge in [-0.15, -0.1) is 0 Å². The third kappa shape index (κ3) is 4.38. The quantitative estimate of drug-likeness (QED) is 0.187. The molecule has 1 aromatic heterocycles. The number of nitriles is 1. The first-order chi connectivity index (χ1) is 25.7. The molecule has 0 amide bonds. The highest BCUT2D eigenvalue weighted by atomic mass is 16.5. The molecule has 0 N–H and O–H groups in total. The van der Waals surface area contributed by atoms with Gasteiger partial charge in [-0.3, -0.25) is 0 Å². The lowest BCUT2D eigenvalue weighted by atomic mass is 9.65. The molecule has 1 spiro atoms. The highest BCUT2D eigenvalue weighted by Crippen LogP contribution is 2.64. The molecule has 0 fully saturated rings. The maximum Gasteiger partial charge on any atom is 0.167 e. The third-order valence-electron chi connectivity index (χ3n) is 10.3. The Balaban J connectivity index is 1.27. The fourth-order valence-corrected chi connectivity index (χ4v) is 8.04. The number of para-hydroxylation sites is 2. The van der Waals surface area contributed by atoms with Crippen molar-refractivity contribution in [3.05, 3.63) is 198 Å². The fraction of sp³-hybridized carbons (Fsp3) is 0.0213. The molecule has 5 heteroatoms. The zero-order chi connectivity index (χ0) is 34.6. The van der Waals surface area contributed by atoms with Gasteiger partial charge in [-0.1, -0.05) is 146 Å². The Morgan fingerprint density at radius 3 is 1.65 bits per heavy atom. The van der Waals surface area contributed by atoms with E-state index in [0.717, 1.165) is 50.4 Å². The third-order valence-corrected chi connectivity index (χ3v) is 10.3. The van der Waals surface area contributed by atoms with Gasteiger partial charge in [0.2, 0.25) is 0 Å². The Morgan fingerprint density at radius 1 is 0.423 bits per heavy atom. The molecule has 2 heterocycles. The summed E-state index contributed by atoms with van der Waals surface area (Å²) in [6.45, 7) is 0. The molecular formula is C47H28N4O. The molecule has 0 saturated heterocycles. The molecule has 242 valence electrons. The van der Waals surface area contributed by atoms with E-state index in [1.807, 2.05) is 97.1 Å². The summed E-state index contributed by atoms with van der Waals surface area (Å²) in [6.07, 6.45) is 0. The van der Waals surface area contributed by atoms with Gasteiger partial charge in [-0.05, 0) is 57.6 Å². The highest BCUT2D eigenvalue weighted by Gasteiger charge is 2.52. The molecule has 1 aliphatic carbocycles. The Hall–Kier alpha value is -7.16. The van der Waals surface area contributed by atoms with Crippen LogP contribution in [0.3, 0.4) is 0 Å². The van der Waals surface area contributed by atoms with E-state index >= 15 is 0 Å². The average Bonchev–Trinajstić information content (AvgIpc) is 3.52. The highest BCUT2D eigenvalue weighted by molar-refractivity contribution is 5.97. The van der Waals surface area contributed by atoms with Crippen LogP contribution in [-0.4, -0.2) is 15.0 Å². The van der Waals surface area contributed by atoms with Gasteiger partial charge in [0.1, 0.15) is 11.5 Å². The number of ether oxygens (including phenoxy) is 1. The summed E-state index contributed by atoms with van der Waals surface area (Å²) in [7, 11) is 0. The van der Waals surface area contributed by atoms with Crippen LogP contribution in [0.25, 0.3) is 56.4 Å². The van der Waals surface area contributed by atoms with E-state index in [2.05, 4.69) is 78.9 Å². The lowest BCUT2D eigenvalue weighted by Gasteiger charge is -2.40. The molecule has 1 atom stereocenters. The minimum atomic E-state index is -0.688. The summed E-state index contributed by atoms with van der Waals surface area (Å²) in [5.41, 5.74) is 11.5. The normalized spacial score (nSPS) is 14.8. The van der Waals surface area contributed by atoms with Crippen LogP contribution < -0.4 is 4.74 Å². The Labute approximate surface area is 301 Å². The van der Waals surface area contributed by atoms with Crippen LogP contribution >= 0.6 is 0 Å². The van der Waals surface area contributed by atoms with Gasteiger partial charge < -0.3 is 4.74 Å². The molecule has 2 aliphatic rings. The van der Waals surface area contributed by atoms with Gasteiger partial charge in [-0.2, -0.15) is 5.26 Å². The molecule has 5 nitrogen and oxygen atoms in total. The van der Waals surface area contributed by atoms with Crippen molar-refractivity contribution >= 4 is 0 Å². The minimum Gasteiger partial charge on any atom is -0.456 e. The first-order valence-corrected chi connectivity index (χ1v) is 17.3. The predicted octanol–water partition coefficient (Wildman–Crippen LogP) is 10.9. The number of hydrogen-bond donors (Lipinski definition) is 0. The van der Waals surface area contributed by atoms with E-state index in [0.29, 0.717) is 23.0 Å². The molecule has 0 bridgehead atoms. The van der Waals surface area contributed by atoms with E-state index in [1.54, 1.807) is 0 Å². The number of rotatable bonds is 4. The van der Waals surface area contributed by atoms with Crippen LogP contribution in [0.2, 0.25) is 0 Å². The number of fused-ring (bicyclic) bond motifs is 9. The molecule has 0 saturated carbocycles. The molecule has 52 heavy (non-hydrogen) atoms. The maximum atomic E-state index is 9.51. The summed E-state index contributed by atoms with van der Waals surface area (Å²) in [5, 5.41) is 9.51. The Bertz CT molecular complexity index is 2660. The van der Waals surface area contributed by atoms with E-state index in [4.69, 9.17) is 19.7 Å². The van der Waals surface area contributed by atoms with Gasteiger partial charge in [0.25, 0.3) is 0 Å². The number of benzene rings is 7. The zero-order valence-electron chi connectivity index (χ0n) is 27.9. The van der Waals surface area contributed by atoms with Crippen LogP contribution in [-0.2, 0) is 5.41 Å². The van der Waals surface area contributed by atoms with Gasteiger partial charge >= 0.3 is 0 Å². The molecule has 1 unspecified atom stereocenters. The van der Waals surface area contributed by atoms with Crippen LogP contribution in [0.15, 0.2) is 170 Å². The zero-order valence-corrected chi connectivity index (χ0v) is 27.9. The van der Waals surface area contributed by atoms with E-state index in [1.165, 1.54) is 22.3 Å². The fourth-order valence-electron chi connectivity index (χ4n) is 8.04. The standard InChI is InChI=1S/C47H28N4O/c48-29-30-25-27-31(28-26-30)34-18-11-22-39-42(34)35-17-7-8-20-37(35)47(39)38-21-9-10-24-41(38)52-43-36(19-12-23-40(43)47)46-50-44(32-13-3-1-4-14-32)49-45(51-46)33-15-5-2-6-16-33/h1-28H. The summed E-state index contributed by atoms with van der Waals surface area (Å²) >= 11 is 0. The Kier molecular flexibility index (Phi) is 6.70. The monoisotopic (exact) mass is 664 g/mol. The van der Waals surface area contributed by atoms with Crippen molar-refractivity contribution in [3.63, 3.8) is 0 Å². The van der Waals surface area contributed by atoms with Crippen molar-refractivity contribution in [2.45, 2.75) is 5.41 Å². The minimum absolute atomic E-state index is 0.539. The van der Waals surface area contributed by atoms with Gasteiger partial charge in [0.15, 0.2) is 17.5 Å². The molecule has 10 rings (SSSR count). The van der Waals surface area contributed by atoms with Crippen molar-refractivity contribution in [2.75, 3.05) is 0 Å². The van der Waals surface area contributed by atoms with Crippen LogP contribution in [0.5, 0.6) is 11.5 Å². The van der Waals surface area contributed by atoms with E-state index in [-0.39, 0.29) is 0 Å². The second-order valence-corrected chi connectivity index (χ2v) is 13.0. The summed E-state index contributed by atoms with van der Waals surface area (Å²) in [5.74, 6) is 3.23. The van der Waals surface area contributed by atoms with Crippen molar-refractivity contribution in [3.8, 4) is 74.0 Å². The average molecular weight is 665 g/mol. The smallest absolute Gasteiger partial charge is 0.167 e. The molecule has 7 aromatic carbocycles. The number of hydrogen-bond acceptors (Lipinski definition) is 5. The van der Waals surface area contributed by atoms with E-state index < -0.39 is 5.41 Å². The van der Waals surface area contributed by atoms with Crippen molar-refractivity contribution in [1.29, 1.82) is 5.26 Å². The lowest BCUT2D eigenvalue weighted by Crippen LogP contribution is -2.32. The number of nitrogens with zero attached hydrogens (tertiary/aromatic N) is 4. The Morgan fingerprint density at radius 2 is 0.962 bits per heavy atom. The number of aromatic nitrogens is 3. The van der Waals surface area contributed by atoms with Crippen molar-refractivity contribution < 1.29 is 4.74 Å². The SMILES string of the molecule is N#Cc1ccc(-c2cccc3c2-c2ccccc2C32c3ccccc3Oc3c(-c4nc(-c5ccccc5)nc(-c5ccccc5)n4)cccc32)cc1. The van der Waals surface area contributed by atoms with Crippen molar-refractivity contribution in [2.24, 2.45) is 0 Å². The molecular weight excluding hydrogens is 637 g/mol. The second-order valence-electron chi connectivity index (χ2n) is 13.0. The largest absolute Gasteiger partial charge is 0.456 e. The topological polar surface area (TPSA) is 71.7 Å². The molecule has 1 aliphatic heterocycles. The first kappa shape index (κ1) is 29.7. The van der Waals surface area contributed by atoms with Gasteiger partial charge in [0.05, 0.1) is 22.6 Å². The lowest BCUT2D eigenvalue weighted by molar-refractivity contribution is 0.437. The first-order valence-electron chi connectivity index (χ1n) is 17.3. The molecule has 0 radical (unpaired) electrons. The summed E-state index contributed by atoms with van der Waals surface area (Å²) in [4.78, 5) is 15.2. The van der Waals surface area contributed by atoms with Crippen molar-refractivity contribution in [1.82, 2.24) is 15.0 Å². The summed E-state index contributed by atoms with van der Waals surface area (Å²) < 4.78 is 6.98. The maximum absolute atomic E-state index is 9.51. The second kappa shape index (κ2) is 11.7. The van der Waals surface area contributed by atoms with Crippen LogP contribution in [0, 0.1) is 11.3 Å².